The van der Waals surface area contributed by atoms with Crippen molar-refractivity contribution < 1.29 is 71.1 Å². The van der Waals surface area contributed by atoms with E-state index in [1.54, 1.807) is 0 Å². The van der Waals surface area contributed by atoms with Crippen LogP contribution in [-0.4, -0.2) is 49.0 Å². The summed E-state index contributed by atoms with van der Waals surface area (Å²) in [4.78, 5) is 35.2. The summed E-state index contributed by atoms with van der Waals surface area (Å²) in [6.45, 7) is -0.0290. The second-order valence-corrected chi connectivity index (χ2v) is 9.32. The average Bonchev–Trinajstić information content (AvgIpc) is 2.69. The van der Waals surface area contributed by atoms with Crippen molar-refractivity contribution in [2.45, 2.75) is 36.8 Å². The molecule has 0 amide bonds. The maximum absolute atomic E-state index is 13.4. The molecule has 204 valence electrons. The Hall–Kier alpha value is -3.51. The summed E-state index contributed by atoms with van der Waals surface area (Å²) >= 11 is 0. The van der Waals surface area contributed by atoms with Crippen molar-refractivity contribution >= 4 is 28.4 Å². The van der Waals surface area contributed by atoms with Crippen LogP contribution < -0.4 is 4.74 Å². The topological polar surface area (TPSA) is 123 Å². The number of carbonyl (C=O) groups excluding carboxylic acids is 2. The minimum atomic E-state index is -10.2. The second-order valence-electron chi connectivity index (χ2n) is 6.91. The first-order valence-corrected chi connectivity index (χ1v) is 11.3. The summed E-state index contributed by atoms with van der Waals surface area (Å²) in [5, 5.41) is 8.85. The van der Waals surface area contributed by atoms with Crippen LogP contribution in [0.25, 0.3) is 6.08 Å². The molecule has 0 fully saturated rings. The van der Waals surface area contributed by atoms with E-state index >= 15 is 0 Å². The lowest BCUT2D eigenvalue weighted by atomic mass is 10.0. The normalized spacial score (nSPS) is 18.2. The molecular weight excluding hydrogens is 546 g/mol. The predicted octanol–water partition coefficient (Wildman–Crippen LogP) is 5.69. The maximum Gasteiger partial charge on any atom is 0.511 e. The smallest absolute Gasteiger partial charge is 0.475 e. The molecular formula is C17H15F8NO9S. The minimum Gasteiger partial charge on any atom is -0.475 e. The Morgan fingerprint density at radius 1 is 1.14 bits per heavy atom. The molecule has 0 saturated heterocycles. The molecule has 19 heteroatoms. The van der Waals surface area contributed by atoms with E-state index in [0.29, 0.717) is 0 Å². The molecule has 10 nitrogen and oxygen atoms in total. The molecule has 1 aliphatic heterocycles. The van der Waals surface area contributed by atoms with E-state index < -0.39 is 81.0 Å². The third-order valence-corrected chi connectivity index (χ3v) is 5.18. The van der Waals surface area contributed by atoms with Crippen LogP contribution in [0.2, 0.25) is 0 Å². The third kappa shape index (κ3) is 8.02. The van der Waals surface area contributed by atoms with Gasteiger partial charge in [0.1, 0.15) is 10.6 Å². The number of esters is 1. The van der Waals surface area contributed by atoms with Crippen LogP contribution in [0.15, 0.2) is 28.7 Å². The Morgan fingerprint density at radius 3 is 2.33 bits per heavy atom. The lowest BCUT2D eigenvalue weighted by molar-refractivity contribution is -0.757. The summed E-state index contributed by atoms with van der Waals surface area (Å²) in [7, 11) is -10.2. The first-order valence-electron chi connectivity index (χ1n) is 9.32. The molecule has 0 N–H and O–H groups in total. The summed E-state index contributed by atoms with van der Waals surface area (Å²) < 4.78 is 124. The van der Waals surface area contributed by atoms with Crippen LogP contribution in [0.5, 0.6) is 5.75 Å². The zero-order chi connectivity index (χ0) is 27.6. The number of hydrogen-bond donors (Lipinski definition) is 0. The molecule has 0 aliphatic carbocycles. The zero-order valence-electron chi connectivity index (χ0n) is 17.6. The van der Waals surface area contributed by atoms with Gasteiger partial charge >= 0.3 is 28.5 Å². The highest BCUT2D eigenvalue weighted by Crippen LogP contribution is 3.02. The molecule has 1 aromatic rings. The predicted molar refractivity (Wildman–Crippen MR) is 102 cm³/mol. The molecule has 2 rings (SSSR count). The quantitative estimate of drug-likeness (QED) is 0.0934. The van der Waals surface area contributed by atoms with Crippen molar-refractivity contribution in [3.63, 3.8) is 0 Å². The van der Waals surface area contributed by atoms with Gasteiger partial charge < -0.3 is 23.8 Å². The van der Waals surface area contributed by atoms with E-state index in [-0.39, 0.29) is 30.7 Å². The van der Waals surface area contributed by atoms with Crippen LogP contribution in [0.4, 0.5) is 37.4 Å². The molecule has 36 heavy (non-hydrogen) atoms. The number of fused-ring (bicyclic) bond motifs is 1. The van der Waals surface area contributed by atoms with Gasteiger partial charge in [0.05, 0.1) is 18.8 Å². The van der Waals surface area contributed by atoms with E-state index in [1.165, 1.54) is 0 Å². The number of nitrogens with zero attached hydrogens (tertiary/aromatic N) is 1. The third-order valence-electron chi connectivity index (χ3n) is 4.04. The van der Waals surface area contributed by atoms with E-state index in [2.05, 4.69) is 23.8 Å². The summed E-state index contributed by atoms with van der Waals surface area (Å²) in [6.07, 6.45) is -11.7. The van der Waals surface area contributed by atoms with Crippen LogP contribution in [-0.2, 0) is 23.8 Å². The lowest BCUT2D eigenvalue weighted by Crippen LogP contribution is -2.41. The van der Waals surface area contributed by atoms with Crippen molar-refractivity contribution in [1.82, 2.24) is 0 Å². The summed E-state index contributed by atoms with van der Waals surface area (Å²) in [5.74, 6) is -2.73. The van der Waals surface area contributed by atoms with Gasteiger partial charge in [-0.1, -0.05) is 19.4 Å². The summed E-state index contributed by atoms with van der Waals surface area (Å²) in [5.41, 5.74) is -2.34. The maximum atomic E-state index is 13.4. The van der Waals surface area contributed by atoms with Crippen LogP contribution >= 0.6 is 10.2 Å². The van der Waals surface area contributed by atoms with Gasteiger partial charge in [-0.2, -0.15) is 13.2 Å². The molecule has 0 aromatic heterocycles. The summed E-state index contributed by atoms with van der Waals surface area (Å²) in [6, 6.07) is -0.0922. The highest BCUT2D eigenvalue weighted by atomic mass is 32.5. The highest BCUT2D eigenvalue weighted by molar-refractivity contribution is 8.45. The Bertz CT molecular complexity index is 1080. The standard InChI is InChI=1S/C17H15F8NO9S/c1-9(34-16(28)31-5-2-6-32-26(29)30)33-15(27)12-8-10-7-11(36(21,22,23,24)25)3-4-13(10)35-14(12)17(18,19)20/h3-4,7-9,14H,2,5-6H2,1H3. The number of carbonyl (C=O) groups is 2. The number of ether oxygens (including phenoxy) is 4. The van der Waals surface area contributed by atoms with Gasteiger partial charge in [0.25, 0.3) is 5.09 Å². The number of halogens is 8. The molecule has 0 bridgehead atoms. The zero-order valence-corrected chi connectivity index (χ0v) is 18.5. The van der Waals surface area contributed by atoms with Crippen LogP contribution in [0.1, 0.15) is 18.9 Å². The SMILES string of the molecule is CC(OC(=O)OCCCO[N+](=O)[O-])OC(=O)C1=Cc2cc(S(F)(F)(F)(F)F)ccc2OC1C(F)(F)F. The van der Waals surface area contributed by atoms with Gasteiger partial charge in [-0.15, -0.1) is 10.1 Å². The number of alkyl halides is 3. The minimum absolute atomic E-state index is 0.151. The monoisotopic (exact) mass is 561 g/mol. The Labute approximate surface area is 195 Å². The van der Waals surface area contributed by atoms with E-state index in [0.717, 1.165) is 6.92 Å². The number of hydrogen-bond acceptors (Lipinski definition) is 9. The van der Waals surface area contributed by atoms with Gasteiger partial charge in [0.2, 0.25) is 12.4 Å². The molecule has 1 aliphatic rings. The Morgan fingerprint density at radius 2 is 1.78 bits per heavy atom. The van der Waals surface area contributed by atoms with Crippen LogP contribution in [0, 0.1) is 10.1 Å². The largest absolute Gasteiger partial charge is 0.511 e. The average molecular weight is 561 g/mol. The first-order chi connectivity index (χ1) is 16.2. The van der Waals surface area contributed by atoms with Gasteiger partial charge in [-0.25, -0.2) is 9.59 Å². The molecule has 0 radical (unpaired) electrons. The van der Waals surface area contributed by atoms with Gasteiger partial charge in [0.15, 0.2) is 0 Å². The van der Waals surface area contributed by atoms with Crippen molar-refractivity contribution in [3.05, 3.63) is 39.4 Å². The Balaban J connectivity index is 2.17. The number of benzene rings is 1. The van der Waals surface area contributed by atoms with Gasteiger partial charge in [-0.3, -0.25) is 0 Å². The van der Waals surface area contributed by atoms with Gasteiger partial charge in [-0.05, 0) is 24.3 Å². The number of rotatable bonds is 9. The fraction of sp³-hybridized carbons (Fsp3) is 0.412. The molecule has 0 saturated carbocycles. The van der Waals surface area contributed by atoms with Crippen molar-refractivity contribution in [3.8, 4) is 5.75 Å². The molecule has 2 unspecified atom stereocenters. The van der Waals surface area contributed by atoms with E-state index in [1.807, 2.05) is 0 Å². The fourth-order valence-electron chi connectivity index (χ4n) is 2.60. The van der Waals surface area contributed by atoms with Crippen molar-refractivity contribution in [2.24, 2.45) is 0 Å². The highest BCUT2D eigenvalue weighted by Gasteiger charge is 2.65. The molecule has 2 atom stereocenters. The van der Waals surface area contributed by atoms with Gasteiger partial charge in [0, 0.05) is 18.9 Å². The lowest BCUT2D eigenvalue weighted by Gasteiger charge is -2.41. The van der Waals surface area contributed by atoms with Crippen LogP contribution in [0.3, 0.4) is 0 Å². The second kappa shape index (κ2) is 9.17. The first kappa shape index (κ1) is 28.7. The molecule has 1 aromatic carbocycles. The van der Waals surface area contributed by atoms with Crippen molar-refractivity contribution in [2.75, 3.05) is 13.2 Å². The fourth-order valence-corrected chi connectivity index (χ4v) is 3.27. The molecule has 1 heterocycles. The Kier molecular flexibility index (Phi) is 7.32. The van der Waals surface area contributed by atoms with Crippen molar-refractivity contribution in [1.29, 1.82) is 0 Å². The molecule has 0 spiro atoms. The van der Waals surface area contributed by atoms with E-state index in [9.17, 15) is 52.3 Å². The van der Waals surface area contributed by atoms with E-state index in [4.69, 9.17) is 0 Å².